The van der Waals surface area contributed by atoms with Crippen molar-refractivity contribution in [1.82, 2.24) is 9.94 Å². The van der Waals surface area contributed by atoms with E-state index in [-0.39, 0.29) is 17.9 Å². The maximum atomic E-state index is 11.5. The van der Waals surface area contributed by atoms with E-state index in [1.165, 1.54) is 0 Å². The predicted molar refractivity (Wildman–Crippen MR) is 64.4 cm³/mol. The minimum Gasteiger partial charge on any atom is -0.489 e. The smallest absolute Gasteiger partial charge is 0.334 e. The van der Waals surface area contributed by atoms with Crippen LogP contribution in [0.2, 0.25) is 0 Å². The molecule has 0 bridgehead atoms. The lowest BCUT2D eigenvalue weighted by molar-refractivity contribution is 0.0834. The van der Waals surface area contributed by atoms with Crippen LogP contribution >= 0.6 is 7.60 Å². The van der Waals surface area contributed by atoms with Crippen LogP contribution in [0.4, 0.5) is 0 Å². The molecule has 103 valence electrons. The van der Waals surface area contributed by atoms with Gasteiger partial charge in [-0.05, 0) is 20.3 Å². The molecule has 1 heterocycles. The van der Waals surface area contributed by atoms with Crippen molar-refractivity contribution in [2.24, 2.45) is 0 Å². The number of hydrogen-bond donors (Lipinski definition) is 2. The Morgan fingerprint density at radius 3 is 2.50 bits per heavy atom. The van der Waals surface area contributed by atoms with Crippen molar-refractivity contribution in [1.29, 1.82) is 0 Å². The molecule has 0 spiro atoms. The molecule has 1 atom stereocenters. The molecule has 0 aromatic carbocycles. The number of nitrogens with zero attached hydrogens (tertiary/aromatic N) is 2. The number of hydrogen-bond acceptors (Lipinski definition) is 4. The molecule has 0 aliphatic rings. The van der Waals surface area contributed by atoms with Gasteiger partial charge in [0.1, 0.15) is 18.0 Å². The molecular formula is C10H18N2O5P. The first kappa shape index (κ1) is 15.0. The maximum Gasteiger partial charge on any atom is 0.334 e. The number of ether oxygens (including phenoxy) is 1. The summed E-state index contributed by atoms with van der Waals surface area (Å²) < 4.78 is 16.8. The molecule has 0 fully saturated rings. The molecule has 1 radical (unpaired) electrons. The second kappa shape index (κ2) is 6.22. The van der Waals surface area contributed by atoms with Gasteiger partial charge in [0.15, 0.2) is 11.9 Å². The van der Waals surface area contributed by atoms with E-state index in [4.69, 9.17) is 9.57 Å². The topological polar surface area (TPSA) is 93.8 Å². The molecule has 8 heteroatoms. The molecule has 7 nitrogen and oxygen atoms in total. The molecule has 0 aliphatic carbocycles. The molecule has 0 saturated carbocycles. The summed E-state index contributed by atoms with van der Waals surface area (Å²) in [6, 6.07) is 0. The molecule has 1 rings (SSSR count). The van der Waals surface area contributed by atoms with Gasteiger partial charge in [-0.15, -0.1) is 5.10 Å². The van der Waals surface area contributed by atoms with Gasteiger partial charge in [-0.2, -0.15) is 0 Å². The lowest BCUT2D eigenvalue weighted by Gasteiger charge is -2.19. The van der Waals surface area contributed by atoms with Crippen LogP contribution in [0, 0.1) is 6.20 Å². The van der Waals surface area contributed by atoms with E-state index in [0.29, 0.717) is 13.2 Å². The molecular weight excluding hydrogens is 259 g/mol. The molecule has 1 aromatic rings. The fourth-order valence-electron chi connectivity index (χ4n) is 1.63. The Balaban J connectivity index is 3.23. The van der Waals surface area contributed by atoms with Crippen molar-refractivity contribution < 1.29 is 23.9 Å². The van der Waals surface area contributed by atoms with Crippen molar-refractivity contribution in [3.8, 4) is 5.75 Å². The lowest BCUT2D eigenvalue weighted by Crippen LogP contribution is -2.18. The molecule has 1 aromatic heterocycles. The maximum absolute atomic E-state index is 11.5. The Morgan fingerprint density at radius 1 is 1.39 bits per heavy atom. The summed E-state index contributed by atoms with van der Waals surface area (Å²) in [6.45, 7) is 5.89. The van der Waals surface area contributed by atoms with Crippen molar-refractivity contribution in [3.05, 3.63) is 11.9 Å². The first-order valence-corrected chi connectivity index (χ1v) is 7.45. The zero-order valence-corrected chi connectivity index (χ0v) is 11.6. The highest BCUT2D eigenvalue weighted by Gasteiger charge is 2.35. The van der Waals surface area contributed by atoms with E-state index in [0.717, 1.165) is 4.85 Å². The van der Waals surface area contributed by atoms with E-state index in [1.54, 1.807) is 20.8 Å². The third kappa shape index (κ3) is 3.25. The zero-order chi connectivity index (χ0) is 13.8. The van der Waals surface area contributed by atoms with Crippen molar-refractivity contribution in [2.45, 2.75) is 32.9 Å². The highest BCUT2D eigenvalue weighted by atomic mass is 31.2. The highest BCUT2D eigenvalue weighted by molar-refractivity contribution is 7.52. The Morgan fingerprint density at radius 2 is 2.06 bits per heavy atom. The number of rotatable bonds is 7. The van der Waals surface area contributed by atoms with Crippen LogP contribution in [0.15, 0.2) is 0 Å². The normalized spacial score (nSPS) is 13.4. The van der Waals surface area contributed by atoms with Crippen LogP contribution in [0.5, 0.6) is 5.75 Å². The van der Waals surface area contributed by atoms with E-state index < -0.39 is 13.3 Å². The SMILES string of the molecule is CCOc1[c]nn(OCC)c1C(CC)P(=O)(O)O. The summed E-state index contributed by atoms with van der Waals surface area (Å²) in [4.78, 5) is 25.0. The summed E-state index contributed by atoms with van der Waals surface area (Å²) in [5.41, 5.74) is -0.779. The average molecular weight is 277 g/mol. The minimum atomic E-state index is -4.31. The van der Waals surface area contributed by atoms with Crippen molar-refractivity contribution >= 4 is 7.60 Å². The van der Waals surface area contributed by atoms with Crippen LogP contribution in [-0.4, -0.2) is 32.9 Å². The van der Waals surface area contributed by atoms with Gasteiger partial charge in [0.05, 0.1) is 6.61 Å². The van der Waals surface area contributed by atoms with Gasteiger partial charge in [-0.25, -0.2) is 0 Å². The van der Waals surface area contributed by atoms with Gasteiger partial charge in [-0.1, -0.05) is 11.8 Å². The van der Waals surface area contributed by atoms with Gasteiger partial charge < -0.3 is 19.4 Å². The van der Waals surface area contributed by atoms with E-state index in [2.05, 4.69) is 11.3 Å². The Labute approximate surface area is 106 Å². The lowest BCUT2D eigenvalue weighted by atomic mass is 10.2. The first-order valence-electron chi connectivity index (χ1n) is 5.77. The van der Waals surface area contributed by atoms with E-state index in [9.17, 15) is 14.4 Å². The molecule has 1 unspecified atom stereocenters. The molecule has 0 amide bonds. The second-order valence-electron chi connectivity index (χ2n) is 3.56. The Hall–Kier alpha value is -1.04. The van der Waals surface area contributed by atoms with Gasteiger partial charge in [-0.3, -0.25) is 4.57 Å². The van der Waals surface area contributed by atoms with Gasteiger partial charge in [0, 0.05) is 0 Å². The summed E-state index contributed by atoms with van der Waals surface area (Å²) in [7, 11) is -4.31. The van der Waals surface area contributed by atoms with Crippen molar-refractivity contribution in [3.63, 3.8) is 0 Å². The summed E-state index contributed by atoms with van der Waals surface area (Å²) >= 11 is 0. The van der Waals surface area contributed by atoms with Gasteiger partial charge in [0.25, 0.3) is 0 Å². The quantitative estimate of drug-likeness (QED) is 0.726. The fourth-order valence-corrected chi connectivity index (χ4v) is 2.64. The first-order chi connectivity index (χ1) is 8.45. The highest BCUT2D eigenvalue weighted by Crippen LogP contribution is 2.55. The zero-order valence-electron chi connectivity index (χ0n) is 10.7. The predicted octanol–water partition coefficient (Wildman–Crippen LogP) is 1.16. The molecule has 0 aliphatic heterocycles. The summed E-state index contributed by atoms with van der Waals surface area (Å²) in [5.74, 6) is 0.223. The van der Waals surface area contributed by atoms with Crippen LogP contribution in [0.1, 0.15) is 38.5 Å². The Bertz CT molecular complexity index is 404. The largest absolute Gasteiger partial charge is 0.489 e. The van der Waals surface area contributed by atoms with E-state index in [1.807, 2.05) is 0 Å². The second-order valence-corrected chi connectivity index (χ2v) is 5.36. The average Bonchev–Trinajstić information content (AvgIpc) is 2.63. The van der Waals surface area contributed by atoms with Crippen LogP contribution in [0.25, 0.3) is 0 Å². The standard InChI is InChI=1S/C10H18N2O5P/c1-4-9(18(13,14)15)10-8(16-5-2)7-11-12(10)17-6-3/h9H,4-6H2,1-3H3,(H2,13,14,15). The van der Waals surface area contributed by atoms with Crippen LogP contribution in [-0.2, 0) is 4.57 Å². The Kier molecular flexibility index (Phi) is 5.19. The van der Waals surface area contributed by atoms with Crippen LogP contribution in [0.3, 0.4) is 0 Å². The fraction of sp³-hybridized carbons (Fsp3) is 0.700. The van der Waals surface area contributed by atoms with Gasteiger partial charge in [0.2, 0.25) is 0 Å². The third-order valence-corrected chi connectivity index (χ3v) is 3.75. The summed E-state index contributed by atoms with van der Waals surface area (Å²) in [5, 5.41) is 3.81. The van der Waals surface area contributed by atoms with E-state index >= 15 is 0 Å². The van der Waals surface area contributed by atoms with Crippen LogP contribution < -0.4 is 9.57 Å². The summed E-state index contributed by atoms with van der Waals surface area (Å²) in [6.07, 6.45) is 2.82. The number of aromatic nitrogens is 2. The molecule has 18 heavy (non-hydrogen) atoms. The molecule has 2 N–H and O–H groups in total. The third-order valence-electron chi connectivity index (χ3n) is 2.33. The van der Waals surface area contributed by atoms with Crippen molar-refractivity contribution in [2.75, 3.05) is 13.2 Å². The minimum absolute atomic E-state index is 0.223. The molecule has 0 saturated heterocycles. The van der Waals surface area contributed by atoms with Gasteiger partial charge >= 0.3 is 7.60 Å². The monoisotopic (exact) mass is 277 g/mol.